The predicted molar refractivity (Wildman–Crippen MR) is 71.9 cm³/mol. The zero-order valence-electron chi connectivity index (χ0n) is 11.5. The molecule has 3 nitrogen and oxygen atoms in total. The van der Waals surface area contributed by atoms with Crippen LogP contribution < -0.4 is 10.1 Å². The van der Waals surface area contributed by atoms with E-state index in [4.69, 9.17) is 9.15 Å². The molecule has 2 rings (SSSR count). The third kappa shape index (κ3) is 4.53. The summed E-state index contributed by atoms with van der Waals surface area (Å²) < 4.78 is 48.3. The van der Waals surface area contributed by atoms with Crippen LogP contribution in [0.2, 0.25) is 0 Å². The van der Waals surface area contributed by atoms with E-state index in [1.807, 2.05) is 13.0 Å². The van der Waals surface area contributed by atoms with Gasteiger partial charge in [0.1, 0.15) is 18.1 Å². The molecule has 0 bridgehead atoms. The Balaban J connectivity index is 1.95. The van der Waals surface area contributed by atoms with E-state index in [1.54, 1.807) is 6.26 Å². The Morgan fingerprint density at radius 1 is 1.24 bits per heavy atom. The van der Waals surface area contributed by atoms with Crippen molar-refractivity contribution >= 4 is 0 Å². The number of rotatable bonds is 6. The van der Waals surface area contributed by atoms with E-state index in [-0.39, 0.29) is 12.4 Å². The summed E-state index contributed by atoms with van der Waals surface area (Å²) in [4.78, 5) is 0. The number of halogens is 3. The Morgan fingerprint density at radius 2 is 2.05 bits per heavy atom. The fourth-order valence-corrected chi connectivity index (χ4v) is 1.78. The van der Waals surface area contributed by atoms with Crippen LogP contribution in [0.4, 0.5) is 13.2 Å². The molecular weight excluding hydrogens is 283 g/mol. The quantitative estimate of drug-likeness (QED) is 0.876. The summed E-state index contributed by atoms with van der Waals surface area (Å²) in [6.45, 7) is 3.62. The molecule has 6 heteroatoms. The number of furan rings is 1. The molecule has 21 heavy (non-hydrogen) atoms. The zero-order chi connectivity index (χ0) is 15.3. The maximum atomic E-state index is 12.6. The van der Waals surface area contributed by atoms with Crippen LogP contribution in [-0.2, 0) is 19.3 Å². The van der Waals surface area contributed by atoms with Gasteiger partial charge in [-0.3, -0.25) is 0 Å². The molecular formula is C15H16F3NO2. The first-order chi connectivity index (χ1) is 9.99. The molecule has 0 aliphatic heterocycles. The van der Waals surface area contributed by atoms with E-state index in [0.717, 1.165) is 24.2 Å². The third-order valence-electron chi connectivity index (χ3n) is 2.83. The highest BCUT2D eigenvalue weighted by Crippen LogP contribution is 2.31. The Kier molecular flexibility index (Phi) is 4.90. The molecule has 0 unspecified atom stereocenters. The van der Waals surface area contributed by atoms with Crippen molar-refractivity contribution < 1.29 is 22.3 Å². The van der Waals surface area contributed by atoms with Gasteiger partial charge >= 0.3 is 6.18 Å². The molecule has 2 aromatic rings. The van der Waals surface area contributed by atoms with Crippen molar-refractivity contribution in [2.45, 2.75) is 26.3 Å². The Hall–Kier alpha value is -1.95. The largest absolute Gasteiger partial charge is 0.486 e. The standard InChI is InChI=1S/C15H16F3NO2/c1-2-19-8-11-6-14(20-9-11)10-21-13-5-3-4-12(7-13)15(16,17)18/h3-7,9,19H,2,8,10H2,1H3. The van der Waals surface area contributed by atoms with E-state index in [1.165, 1.54) is 12.1 Å². The summed E-state index contributed by atoms with van der Waals surface area (Å²) in [6, 6.07) is 6.60. The molecule has 0 amide bonds. The third-order valence-corrected chi connectivity index (χ3v) is 2.83. The van der Waals surface area contributed by atoms with E-state index in [9.17, 15) is 13.2 Å². The van der Waals surface area contributed by atoms with Crippen molar-refractivity contribution in [1.82, 2.24) is 5.32 Å². The first kappa shape index (κ1) is 15.4. The van der Waals surface area contributed by atoms with Gasteiger partial charge in [0.2, 0.25) is 0 Å². The minimum atomic E-state index is -4.37. The molecule has 0 radical (unpaired) electrons. The zero-order valence-corrected chi connectivity index (χ0v) is 11.5. The highest BCUT2D eigenvalue weighted by molar-refractivity contribution is 5.30. The van der Waals surface area contributed by atoms with Gasteiger partial charge in [-0.15, -0.1) is 0 Å². The van der Waals surface area contributed by atoms with Crippen LogP contribution in [0.15, 0.2) is 41.0 Å². The Morgan fingerprint density at radius 3 is 2.76 bits per heavy atom. The summed E-state index contributed by atoms with van der Waals surface area (Å²) in [5, 5.41) is 3.15. The molecule has 0 aliphatic carbocycles. The highest BCUT2D eigenvalue weighted by atomic mass is 19.4. The molecule has 1 heterocycles. The Labute approximate surface area is 120 Å². The summed E-state index contributed by atoms with van der Waals surface area (Å²) >= 11 is 0. The van der Waals surface area contributed by atoms with Gasteiger partial charge in [-0.05, 0) is 30.8 Å². The van der Waals surface area contributed by atoms with Gasteiger partial charge in [0.05, 0.1) is 11.8 Å². The minimum Gasteiger partial charge on any atom is -0.486 e. The number of nitrogens with one attached hydrogen (secondary N) is 1. The predicted octanol–water partition coefficient (Wildman–Crippen LogP) is 3.99. The maximum Gasteiger partial charge on any atom is 0.416 e. The molecule has 0 saturated heterocycles. The molecule has 0 atom stereocenters. The van der Waals surface area contributed by atoms with E-state index in [2.05, 4.69) is 5.32 Å². The second-order valence-corrected chi connectivity index (χ2v) is 4.52. The van der Waals surface area contributed by atoms with Gasteiger partial charge in [0.15, 0.2) is 0 Å². The van der Waals surface area contributed by atoms with Crippen LogP contribution in [0, 0.1) is 0 Å². The lowest BCUT2D eigenvalue weighted by atomic mass is 10.2. The van der Waals surface area contributed by atoms with Gasteiger partial charge in [-0.25, -0.2) is 0 Å². The van der Waals surface area contributed by atoms with Crippen molar-refractivity contribution in [2.75, 3.05) is 6.54 Å². The molecule has 1 N–H and O–H groups in total. The van der Waals surface area contributed by atoms with Crippen LogP contribution in [0.3, 0.4) is 0 Å². The molecule has 1 aromatic heterocycles. The van der Waals surface area contributed by atoms with Crippen molar-refractivity contribution in [3.8, 4) is 5.75 Å². The normalized spacial score (nSPS) is 11.6. The molecule has 114 valence electrons. The Bertz CT molecular complexity index is 578. The molecule has 0 spiro atoms. The average Bonchev–Trinajstić information content (AvgIpc) is 2.90. The van der Waals surface area contributed by atoms with Crippen LogP contribution in [-0.4, -0.2) is 6.54 Å². The van der Waals surface area contributed by atoms with E-state index >= 15 is 0 Å². The second kappa shape index (κ2) is 6.67. The van der Waals surface area contributed by atoms with Gasteiger partial charge in [0.25, 0.3) is 0 Å². The van der Waals surface area contributed by atoms with Gasteiger partial charge in [-0.1, -0.05) is 13.0 Å². The summed E-state index contributed by atoms with van der Waals surface area (Å²) in [7, 11) is 0. The lowest BCUT2D eigenvalue weighted by molar-refractivity contribution is -0.137. The van der Waals surface area contributed by atoms with E-state index in [0.29, 0.717) is 12.3 Å². The summed E-state index contributed by atoms with van der Waals surface area (Å²) in [5.74, 6) is 0.731. The number of hydrogen-bond donors (Lipinski definition) is 1. The van der Waals surface area contributed by atoms with Crippen LogP contribution in [0.25, 0.3) is 0 Å². The SMILES string of the molecule is CCNCc1coc(COc2cccc(C(F)(F)F)c2)c1. The summed E-state index contributed by atoms with van der Waals surface area (Å²) in [5.41, 5.74) is 0.242. The molecule has 0 fully saturated rings. The van der Waals surface area contributed by atoms with Crippen LogP contribution in [0.5, 0.6) is 5.75 Å². The fourth-order valence-electron chi connectivity index (χ4n) is 1.78. The molecule has 1 aromatic carbocycles. The maximum absolute atomic E-state index is 12.6. The summed E-state index contributed by atoms with van der Waals surface area (Å²) in [6.07, 6.45) is -2.77. The number of hydrogen-bond acceptors (Lipinski definition) is 3. The van der Waals surface area contributed by atoms with Crippen molar-refractivity contribution in [1.29, 1.82) is 0 Å². The van der Waals surface area contributed by atoms with Crippen LogP contribution in [0.1, 0.15) is 23.8 Å². The highest BCUT2D eigenvalue weighted by Gasteiger charge is 2.30. The average molecular weight is 299 g/mol. The van der Waals surface area contributed by atoms with Crippen molar-refractivity contribution in [2.24, 2.45) is 0 Å². The number of alkyl halides is 3. The lowest BCUT2D eigenvalue weighted by Gasteiger charge is -2.09. The smallest absolute Gasteiger partial charge is 0.416 e. The molecule has 0 aliphatic rings. The fraction of sp³-hybridized carbons (Fsp3) is 0.333. The second-order valence-electron chi connectivity index (χ2n) is 4.52. The number of ether oxygens (including phenoxy) is 1. The van der Waals surface area contributed by atoms with Gasteiger partial charge < -0.3 is 14.5 Å². The monoisotopic (exact) mass is 299 g/mol. The van der Waals surface area contributed by atoms with Crippen molar-refractivity contribution in [3.05, 3.63) is 53.5 Å². The first-order valence-corrected chi connectivity index (χ1v) is 6.56. The molecule has 0 saturated carbocycles. The van der Waals surface area contributed by atoms with Gasteiger partial charge in [-0.2, -0.15) is 13.2 Å². The van der Waals surface area contributed by atoms with Crippen molar-refractivity contribution in [3.63, 3.8) is 0 Å². The minimum absolute atomic E-state index is 0.0907. The number of benzene rings is 1. The lowest BCUT2D eigenvalue weighted by Crippen LogP contribution is -2.10. The first-order valence-electron chi connectivity index (χ1n) is 6.56. The topological polar surface area (TPSA) is 34.4 Å². The van der Waals surface area contributed by atoms with Gasteiger partial charge in [0, 0.05) is 12.1 Å². The van der Waals surface area contributed by atoms with Crippen LogP contribution >= 0.6 is 0 Å². The van der Waals surface area contributed by atoms with E-state index < -0.39 is 11.7 Å².